The van der Waals surface area contributed by atoms with E-state index in [1.54, 1.807) is 7.11 Å². The molecule has 4 aromatic rings. The van der Waals surface area contributed by atoms with Crippen molar-refractivity contribution in [2.24, 2.45) is 0 Å². The lowest BCUT2D eigenvalue weighted by atomic mass is 9.90. The maximum atomic E-state index is 14.1. The minimum Gasteiger partial charge on any atom is -0.385 e. The number of nitrogens with zero attached hydrogens (tertiary/aromatic N) is 2. The Hall–Kier alpha value is -3.34. The van der Waals surface area contributed by atoms with Crippen molar-refractivity contribution in [3.63, 3.8) is 0 Å². The summed E-state index contributed by atoms with van der Waals surface area (Å²) in [5.74, 6) is -0.273. The van der Waals surface area contributed by atoms with Crippen LogP contribution < -0.4 is 0 Å². The number of hydrogen-bond donors (Lipinski definition) is 0. The van der Waals surface area contributed by atoms with Gasteiger partial charge in [-0.05, 0) is 47.4 Å². The van der Waals surface area contributed by atoms with Crippen molar-refractivity contribution in [3.05, 3.63) is 131 Å². The van der Waals surface area contributed by atoms with E-state index >= 15 is 0 Å². The molecule has 1 aromatic heterocycles. The smallest absolute Gasteiger partial charge is 0.234 e. The second-order valence-electron chi connectivity index (χ2n) is 8.62. The van der Waals surface area contributed by atoms with Gasteiger partial charge in [0.2, 0.25) is 5.91 Å². The molecule has 0 bridgehead atoms. The van der Waals surface area contributed by atoms with Gasteiger partial charge in [-0.2, -0.15) is 0 Å². The van der Waals surface area contributed by atoms with Crippen LogP contribution in [0.2, 0.25) is 5.02 Å². The summed E-state index contributed by atoms with van der Waals surface area (Å²) in [6, 6.07) is 32.1. The summed E-state index contributed by atoms with van der Waals surface area (Å²) in [5, 5.41) is 0.723. The number of rotatable bonds is 11. The number of carbonyl (C=O) groups is 1. The Balaban J connectivity index is 1.63. The van der Waals surface area contributed by atoms with Gasteiger partial charge in [0, 0.05) is 43.7 Å². The third-order valence-corrected chi connectivity index (χ3v) is 6.35. The summed E-state index contributed by atoms with van der Waals surface area (Å²) in [7, 11) is 1.69. The number of methoxy groups -OCH3 is 1. The number of hydrogen-bond acceptors (Lipinski definition) is 2. The number of halogens is 1. The average Bonchev–Trinajstić information content (AvgIpc) is 3.31. The fourth-order valence-corrected chi connectivity index (χ4v) is 4.61. The molecule has 5 heteroatoms. The van der Waals surface area contributed by atoms with Crippen molar-refractivity contribution in [2.75, 3.05) is 20.3 Å². The van der Waals surface area contributed by atoms with Gasteiger partial charge >= 0.3 is 0 Å². The molecule has 4 rings (SSSR count). The lowest BCUT2D eigenvalue weighted by Crippen LogP contribution is -2.37. The number of benzene rings is 3. The molecule has 1 amide bonds. The Morgan fingerprint density at radius 1 is 0.914 bits per heavy atom. The molecule has 0 aliphatic carbocycles. The molecule has 35 heavy (non-hydrogen) atoms. The highest BCUT2D eigenvalue weighted by Gasteiger charge is 2.28. The largest absolute Gasteiger partial charge is 0.385 e. The van der Waals surface area contributed by atoms with E-state index in [2.05, 4.69) is 22.9 Å². The van der Waals surface area contributed by atoms with Gasteiger partial charge in [0.25, 0.3) is 0 Å². The number of ether oxygens (including phenoxy) is 1. The SMILES string of the molecule is COCCCN(Cc1cccn1Cc1cccc(Cl)c1)C(=O)C(c1ccccc1)c1ccccc1. The number of aromatic nitrogens is 1. The van der Waals surface area contributed by atoms with Crippen LogP contribution in [0.25, 0.3) is 0 Å². The van der Waals surface area contributed by atoms with Crippen LogP contribution in [-0.4, -0.2) is 35.6 Å². The number of amides is 1. The van der Waals surface area contributed by atoms with Gasteiger partial charge in [-0.15, -0.1) is 0 Å². The average molecular weight is 487 g/mol. The van der Waals surface area contributed by atoms with E-state index in [1.807, 2.05) is 89.8 Å². The van der Waals surface area contributed by atoms with E-state index in [4.69, 9.17) is 16.3 Å². The van der Waals surface area contributed by atoms with Crippen LogP contribution in [0.15, 0.2) is 103 Å². The Morgan fingerprint density at radius 2 is 1.60 bits per heavy atom. The second-order valence-corrected chi connectivity index (χ2v) is 9.05. The highest BCUT2D eigenvalue weighted by atomic mass is 35.5. The molecule has 0 aliphatic heterocycles. The van der Waals surface area contributed by atoms with Gasteiger partial charge in [0.05, 0.1) is 12.5 Å². The van der Waals surface area contributed by atoms with E-state index in [9.17, 15) is 4.79 Å². The molecule has 0 radical (unpaired) electrons. The molecule has 180 valence electrons. The predicted octanol–water partition coefficient (Wildman–Crippen LogP) is 6.39. The molecular weight excluding hydrogens is 456 g/mol. The van der Waals surface area contributed by atoms with Crippen molar-refractivity contribution in [1.29, 1.82) is 0 Å². The summed E-state index contributed by atoms with van der Waals surface area (Å²) in [6.07, 6.45) is 2.83. The van der Waals surface area contributed by atoms with Crippen LogP contribution in [-0.2, 0) is 22.6 Å². The van der Waals surface area contributed by atoms with Crippen LogP contribution in [0, 0.1) is 0 Å². The van der Waals surface area contributed by atoms with E-state index in [1.165, 1.54) is 0 Å². The van der Waals surface area contributed by atoms with Crippen LogP contribution in [0.5, 0.6) is 0 Å². The summed E-state index contributed by atoms with van der Waals surface area (Å²) >= 11 is 6.20. The Bertz CT molecular complexity index is 1170. The van der Waals surface area contributed by atoms with Crippen LogP contribution in [0.3, 0.4) is 0 Å². The molecule has 0 aliphatic rings. The molecule has 4 nitrogen and oxygen atoms in total. The van der Waals surface area contributed by atoms with Crippen molar-refractivity contribution in [2.45, 2.75) is 25.4 Å². The van der Waals surface area contributed by atoms with Crippen molar-refractivity contribution in [3.8, 4) is 0 Å². The van der Waals surface area contributed by atoms with Gasteiger partial charge < -0.3 is 14.2 Å². The summed E-state index contributed by atoms with van der Waals surface area (Å²) < 4.78 is 7.48. The van der Waals surface area contributed by atoms with Gasteiger partial charge in [0.15, 0.2) is 0 Å². The standard InChI is InChI=1S/C30H31ClN2O2/c1-35-20-10-19-33(23-28-17-9-18-32(28)22-24-11-8-16-27(31)21-24)30(34)29(25-12-4-2-5-13-25)26-14-6-3-7-15-26/h2-9,11-18,21,29H,10,19-20,22-23H2,1H3. The van der Waals surface area contributed by atoms with Gasteiger partial charge in [-0.3, -0.25) is 4.79 Å². The zero-order chi connectivity index (χ0) is 24.5. The Morgan fingerprint density at radius 3 is 2.23 bits per heavy atom. The predicted molar refractivity (Wildman–Crippen MR) is 142 cm³/mol. The summed E-state index contributed by atoms with van der Waals surface area (Å²) in [5.41, 5.74) is 4.19. The molecule has 0 spiro atoms. The van der Waals surface area contributed by atoms with Crippen LogP contribution in [0.4, 0.5) is 0 Å². The fourth-order valence-electron chi connectivity index (χ4n) is 4.39. The lowest BCUT2D eigenvalue weighted by molar-refractivity contribution is -0.132. The van der Waals surface area contributed by atoms with Gasteiger partial charge in [0.1, 0.15) is 0 Å². The number of carbonyl (C=O) groups excluding carboxylic acids is 1. The van der Waals surface area contributed by atoms with Crippen LogP contribution in [0.1, 0.15) is 34.7 Å². The topological polar surface area (TPSA) is 34.5 Å². The van der Waals surface area contributed by atoms with Crippen molar-refractivity contribution >= 4 is 17.5 Å². The summed E-state index contributed by atoms with van der Waals surface area (Å²) in [6.45, 7) is 2.44. The normalized spacial score (nSPS) is 11.1. The maximum absolute atomic E-state index is 14.1. The quantitative estimate of drug-likeness (QED) is 0.230. The van der Waals surface area contributed by atoms with Crippen molar-refractivity contribution < 1.29 is 9.53 Å². The van der Waals surface area contributed by atoms with E-state index in [0.29, 0.717) is 26.2 Å². The molecule has 1 heterocycles. The molecule has 3 aromatic carbocycles. The third-order valence-electron chi connectivity index (χ3n) is 6.12. The minimum atomic E-state index is -0.365. The molecule has 0 fully saturated rings. The van der Waals surface area contributed by atoms with E-state index in [0.717, 1.165) is 33.8 Å². The molecule has 0 saturated carbocycles. The molecular formula is C30H31ClN2O2. The molecule has 0 saturated heterocycles. The second kappa shape index (κ2) is 12.4. The van der Waals surface area contributed by atoms with Crippen LogP contribution >= 0.6 is 11.6 Å². The Labute approximate surface area is 212 Å². The first-order chi connectivity index (χ1) is 17.2. The monoisotopic (exact) mass is 486 g/mol. The third kappa shape index (κ3) is 6.62. The first-order valence-corrected chi connectivity index (χ1v) is 12.3. The van der Waals surface area contributed by atoms with E-state index in [-0.39, 0.29) is 11.8 Å². The first kappa shape index (κ1) is 24.8. The highest BCUT2D eigenvalue weighted by molar-refractivity contribution is 6.30. The zero-order valence-corrected chi connectivity index (χ0v) is 20.8. The van der Waals surface area contributed by atoms with Gasteiger partial charge in [-0.1, -0.05) is 84.4 Å². The lowest BCUT2D eigenvalue weighted by Gasteiger charge is -2.29. The molecule has 0 atom stereocenters. The van der Waals surface area contributed by atoms with E-state index < -0.39 is 0 Å². The minimum absolute atomic E-state index is 0.0917. The first-order valence-electron chi connectivity index (χ1n) is 11.9. The summed E-state index contributed by atoms with van der Waals surface area (Å²) in [4.78, 5) is 16.1. The van der Waals surface area contributed by atoms with Gasteiger partial charge in [-0.25, -0.2) is 0 Å². The highest BCUT2D eigenvalue weighted by Crippen LogP contribution is 2.28. The molecule has 0 N–H and O–H groups in total. The molecule has 0 unspecified atom stereocenters. The zero-order valence-electron chi connectivity index (χ0n) is 20.0. The van der Waals surface area contributed by atoms with Crippen molar-refractivity contribution in [1.82, 2.24) is 9.47 Å². The fraction of sp³-hybridized carbons (Fsp3) is 0.233. The Kier molecular flexibility index (Phi) is 8.77. The maximum Gasteiger partial charge on any atom is 0.234 e.